The molecule has 4 nitrogen and oxygen atoms in total. The summed E-state index contributed by atoms with van der Waals surface area (Å²) in [4.78, 5) is 0. The first kappa shape index (κ1) is 26.1. The highest BCUT2D eigenvalue weighted by Gasteiger charge is 2.45. The van der Waals surface area contributed by atoms with E-state index in [1.807, 2.05) is 0 Å². The molecule has 10 atom stereocenters. The largest absolute Gasteiger partial charge is 0.356 e. The highest BCUT2D eigenvalue weighted by atomic mass is 16.7. The van der Waals surface area contributed by atoms with Crippen LogP contribution >= 0.6 is 0 Å². The molecule has 0 N–H and O–H groups in total. The summed E-state index contributed by atoms with van der Waals surface area (Å²) in [6, 6.07) is 0. The molecule has 0 aromatic rings. The van der Waals surface area contributed by atoms with Gasteiger partial charge >= 0.3 is 0 Å². The Labute approximate surface area is 186 Å². The summed E-state index contributed by atoms with van der Waals surface area (Å²) in [6.07, 6.45) is 8.11. The molecule has 0 aromatic carbocycles. The first-order valence-electron chi connectivity index (χ1n) is 13.0. The average Bonchev–Trinajstić information content (AvgIpc) is 2.77. The van der Waals surface area contributed by atoms with Crippen molar-refractivity contribution in [3.8, 4) is 0 Å². The standard InChI is InChI=1S/C26H50O4/c1-9-15-23-17(7)18(10-2)21(13-5)26(29-23)28-16-24-20(12-4)19(11-3)22(14-6)25(27-8)30-24/h17-26H,9-16H2,1-8H3/t17-,18?,19?,20-,21?,22?,23?,24?,25+,26+/m0/s1. The minimum atomic E-state index is -0.123. The predicted molar refractivity (Wildman–Crippen MR) is 123 cm³/mol. The smallest absolute Gasteiger partial charge is 0.161 e. The summed E-state index contributed by atoms with van der Waals surface area (Å²) in [5, 5.41) is 0. The molecule has 0 saturated carbocycles. The quantitative estimate of drug-likeness (QED) is 0.370. The van der Waals surface area contributed by atoms with Crippen molar-refractivity contribution in [3.63, 3.8) is 0 Å². The van der Waals surface area contributed by atoms with E-state index in [0.29, 0.717) is 48.2 Å². The first-order valence-corrected chi connectivity index (χ1v) is 13.0. The van der Waals surface area contributed by atoms with Crippen molar-refractivity contribution in [3.05, 3.63) is 0 Å². The second kappa shape index (κ2) is 12.8. The van der Waals surface area contributed by atoms with E-state index in [4.69, 9.17) is 18.9 Å². The van der Waals surface area contributed by atoms with E-state index in [2.05, 4.69) is 48.5 Å². The Balaban J connectivity index is 2.13. The summed E-state index contributed by atoms with van der Waals surface area (Å²) in [5.74, 6) is 3.33. The van der Waals surface area contributed by atoms with Gasteiger partial charge in [-0.25, -0.2) is 0 Å². The normalized spacial score (nSPS) is 42.4. The van der Waals surface area contributed by atoms with Crippen molar-refractivity contribution >= 4 is 0 Å². The van der Waals surface area contributed by atoms with Gasteiger partial charge in [0.05, 0.1) is 18.8 Å². The van der Waals surface area contributed by atoms with Gasteiger partial charge < -0.3 is 18.9 Å². The fraction of sp³-hybridized carbons (Fsp3) is 1.00. The lowest BCUT2D eigenvalue weighted by Gasteiger charge is -2.48. The second-order valence-electron chi connectivity index (χ2n) is 9.66. The van der Waals surface area contributed by atoms with Gasteiger partial charge in [0.1, 0.15) is 0 Å². The first-order chi connectivity index (χ1) is 14.5. The Morgan fingerprint density at radius 2 is 1.17 bits per heavy atom. The van der Waals surface area contributed by atoms with Gasteiger partial charge in [-0.05, 0) is 42.9 Å². The highest BCUT2D eigenvalue weighted by Crippen LogP contribution is 2.43. The third-order valence-electron chi connectivity index (χ3n) is 8.29. The molecule has 2 aliphatic rings. The molecule has 2 saturated heterocycles. The zero-order valence-electron chi connectivity index (χ0n) is 21.1. The molecule has 4 heteroatoms. The van der Waals surface area contributed by atoms with Gasteiger partial charge in [-0.3, -0.25) is 0 Å². The Hall–Kier alpha value is -0.160. The van der Waals surface area contributed by atoms with Crippen LogP contribution < -0.4 is 0 Å². The lowest BCUT2D eigenvalue weighted by atomic mass is 9.72. The maximum absolute atomic E-state index is 6.57. The monoisotopic (exact) mass is 426 g/mol. The van der Waals surface area contributed by atoms with Crippen molar-refractivity contribution in [1.82, 2.24) is 0 Å². The molecule has 178 valence electrons. The maximum Gasteiger partial charge on any atom is 0.161 e. The Morgan fingerprint density at radius 3 is 1.67 bits per heavy atom. The van der Waals surface area contributed by atoms with Crippen molar-refractivity contribution in [1.29, 1.82) is 0 Å². The number of hydrogen-bond donors (Lipinski definition) is 0. The zero-order valence-corrected chi connectivity index (χ0v) is 21.1. The average molecular weight is 427 g/mol. The van der Waals surface area contributed by atoms with Crippen molar-refractivity contribution < 1.29 is 18.9 Å². The summed E-state index contributed by atoms with van der Waals surface area (Å²) in [5.41, 5.74) is 0. The van der Waals surface area contributed by atoms with E-state index in [1.54, 1.807) is 7.11 Å². The fourth-order valence-corrected chi connectivity index (χ4v) is 6.63. The minimum Gasteiger partial charge on any atom is -0.356 e. The van der Waals surface area contributed by atoms with E-state index in [9.17, 15) is 0 Å². The van der Waals surface area contributed by atoms with E-state index in [1.165, 1.54) is 12.8 Å². The van der Waals surface area contributed by atoms with Crippen LogP contribution in [0.4, 0.5) is 0 Å². The molecule has 30 heavy (non-hydrogen) atoms. The number of rotatable bonds is 11. The molecule has 2 aliphatic heterocycles. The SMILES string of the molecule is CCCC1O[C@@H](OCC2O[C@@H](OC)C(CC)C(CC)[C@@H]2CC)C(CC)C(CC)[C@@H]1C. The van der Waals surface area contributed by atoms with Crippen LogP contribution in [0.15, 0.2) is 0 Å². The van der Waals surface area contributed by atoms with Gasteiger partial charge in [0, 0.05) is 18.9 Å². The van der Waals surface area contributed by atoms with Crippen LogP contribution in [0.2, 0.25) is 0 Å². The molecular formula is C26H50O4. The van der Waals surface area contributed by atoms with Crippen LogP contribution in [0.3, 0.4) is 0 Å². The molecule has 2 rings (SSSR count). The van der Waals surface area contributed by atoms with Crippen molar-refractivity contribution in [2.24, 2.45) is 35.5 Å². The van der Waals surface area contributed by atoms with Gasteiger partial charge in [0.2, 0.25) is 0 Å². The molecule has 0 aromatic heterocycles. The topological polar surface area (TPSA) is 36.9 Å². The summed E-state index contributed by atoms with van der Waals surface area (Å²) >= 11 is 0. The van der Waals surface area contributed by atoms with E-state index >= 15 is 0 Å². The van der Waals surface area contributed by atoms with Gasteiger partial charge in [-0.2, -0.15) is 0 Å². The lowest BCUT2D eigenvalue weighted by Crippen LogP contribution is -2.52. The van der Waals surface area contributed by atoms with E-state index < -0.39 is 0 Å². The lowest BCUT2D eigenvalue weighted by molar-refractivity contribution is -0.293. The third kappa shape index (κ3) is 5.60. The van der Waals surface area contributed by atoms with E-state index in [-0.39, 0.29) is 18.7 Å². The van der Waals surface area contributed by atoms with Gasteiger partial charge in [0.15, 0.2) is 12.6 Å². The molecule has 0 amide bonds. The van der Waals surface area contributed by atoms with Crippen molar-refractivity contribution in [2.45, 2.75) is 118 Å². The Bertz CT molecular complexity index is 464. The summed E-state index contributed by atoms with van der Waals surface area (Å²) in [6.45, 7) is 16.7. The van der Waals surface area contributed by atoms with Crippen LogP contribution in [-0.2, 0) is 18.9 Å². The Morgan fingerprint density at radius 1 is 0.633 bits per heavy atom. The highest BCUT2D eigenvalue weighted by molar-refractivity contribution is 4.89. The minimum absolute atomic E-state index is 0.0813. The molecule has 0 radical (unpaired) electrons. The molecule has 2 heterocycles. The van der Waals surface area contributed by atoms with Gasteiger partial charge in [0.25, 0.3) is 0 Å². The zero-order chi connectivity index (χ0) is 22.3. The molecule has 0 spiro atoms. The molecule has 2 fully saturated rings. The molecule has 6 unspecified atom stereocenters. The van der Waals surface area contributed by atoms with Crippen LogP contribution in [-0.4, -0.2) is 38.5 Å². The molecule has 0 aliphatic carbocycles. The van der Waals surface area contributed by atoms with E-state index in [0.717, 1.165) is 32.1 Å². The van der Waals surface area contributed by atoms with Crippen LogP contribution in [0.25, 0.3) is 0 Å². The van der Waals surface area contributed by atoms with Gasteiger partial charge in [-0.1, -0.05) is 74.1 Å². The molecular weight excluding hydrogens is 376 g/mol. The fourth-order valence-electron chi connectivity index (χ4n) is 6.63. The van der Waals surface area contributed by atoms with Crippen LogP contribution in [0, 0.1) is 35.5 Å². The van der Waals surface area contributed by atoms with Crippen molar-refractivity contribution in [2.75, 3.05) is 13.7 Å². The third-order valence-corrected chi connectivity index (χ3v) is 8.29. The predicted octanol–water partition coefficient (Wildman–Crippen LogP) is 6.67. The molecule has 0 bridgehead atoms. The maximum atomic E-state index is 6.57. The van der Waals surface area contributed by atoms with Crippen LogP contribution in [0.5, 0.6) is 0 Å². The summed E-state index contributed by atoms with van der Waals surface area (Å²) in [7, 11) is 1.78. The van der Waals surface area contributed by atoms with Crippen LogP contribution in [0.1, 0.15) is 93.4 Å². The second-order valence-corrected chi connectivity index (χ2v) is 9.66. The van der Waals surface area contributed by atoms with Gasteiger partial charge in [-0.15, -0.1) is 0 Å². The number of hydrogen-bond acceptors (Lipinski definition) is 4. The Kier molecular flexibility index (Phi) is 11.1. The number of methoxy groups -OCH3 is 1. The summed E-state index contributed by atoms with van der Waals surface area (Å²) < 4.78 is 25.4. The number of ether oxygens (including phenoxy) is 4.